The van der Waals surface area contributed by atoms with Gasteiger partial charge in [0, 0.05) is 14.1 Å². The highest BCUT2D eigenvalue weighted by Crippen LogP contribution is 2.18. The fourth-order valence-electron chi connectivity index (χ4n) is 1.93. The molecule has 0 saturated carbocycles. The molecule has 2 rings (SSSR count). The van der Waals surface area contributed by atoms with Crippen LogP contribution < -0.4 is 9.46 Å². The number of thiophene rings is 1. The van der Waals surface area contributed by atoms with Crippen LogP contribution in [0.25, 0.3) is 0 Å². The molecule has 9 nitrogen and oxygen atoms in total. The third kappa shape index (κ3) is 6.01. The lowest BCUT2D eigenvalue weighted by Gasteiger charge is -2.12. The molecule has 0 bridgehead atoms. The zero-order valence-corrected chi connectivity index (χ0v) is 17.6. The van der Waals surface area contributed by atoms with Crippen LogP contribution in [0.4, 0.5) is 0 Å². The summed E-state index contributed by atoms with van der Waals surface area (Å²) < 4.78 is 61.3. The van der Waals surface area contributed by atoms with E-state index in [1.807, 2.05) is 0 Å². The first kappa shape index (κ1) is 22.3. The van der Waals surface area contributed by atoms with Crippen molar-refractivity contribution in [1.29, 1.82) is 0 Å². The Labute approximate surface area is 168 Å². The van der Waals surface area contributed by atoms with Crippen LogP contribution in [0.1, 0.15) is 0 Å². The monoisotopic (exact) mass is 448 g/mol. The zero-order valence-electron chi connectivity index (χ0n) is 15.2. The quantitative estimate of drug-likeness (QED) is 0.424. The van der Waals surface area contributed by atoms with E-state index in [-0.39, 0.29) is 22.3 Å². The molecular formula is C16H20N2O7S3. The predicted octanol–water partition coefficient (Wildman–Crippen LogP) is 0.899. The lowest BCUT2D eigenvalue weighted by Crippen LogP contribution is -2.30. The van der Waals surface area contributed by atoms with Gasteiger partial charge >= 0.3 is 5.97 Å². The molecule has 0 saturated heterocycles. The van der Waals surface area contributed by atoms with E-state index in [1.54, 1.807) is 11.4 Å². The number of ether oxygens (including phenoxy) is 2. The molecule has 0 spiro atoms. The second-order valence-electron chi connectivity index (χ2n) is 5.58. The second-order valence-corrected chi connectivity index (χ2v) is 10.7. The van der Waals surface area contributed by atoms with Crippen LogP contribution in [-0.2, 0) is 29.6 Å². The van der Waals surface area contributed by atoms with Gasteiger partial charge in [0.15, 0.2) is 0 Å². The molecule has 0 radical (unpaired) electrons. The van der Waals surface area contributed by atoms with Crippen LogP contribution in [0.3, 0.4) is 0 Å². The standard InChI is InChI=1S/C16H20N2O7S3/c1-18(2)28(22,23)14-7-5-13(6-8-14)24-9-10-25-15(19)12-17-27(20,21)16-4-3-11-26-16/h3-8,11,17H,9-10,12H2,1-2H3. The van der Waals surface area contributed by atoms with Crippen LogP contribution in [0.2, 0.25) is 0 Å². The molecule has 154 valence electrons. The molecule has 28 heavy (non-hydrogen) atoms. The number of rotatable bonds is 10. The van der Waals surface area contributed by atoms with E-state index in [0.717, 1.165) is 15.6 Å². The maximum atomic E-state index is 12.0. The number of hydrogen-bond donors (Lipinski definition) is 1. The zero-order chi connectivity index (χ0) is 20.8. The first-order chi connectivity index (χ1) is 13.1. The van der Waals surface area contributed by atoms with E-state index in [0.29, 0.717) is 5.75 Å². The number of carbonyl (C=O) groups excluding carboxylic acids is 1. The highest BCUT2D eigenvalue weighted by Gasteiger charge is 2.17. The van der Waals surface area contributed by atoms with Crippen molar-refractivity contribution >= 4 is 37.4 Å². The minimum atomic E-state index is -3.72. The van der Waals surface area contributed by atoms with Crippen molar-refractivity contribution in [3.63, 3.8) is 0 Å². The Morgan fingerprint density at radius 1 is 1.07 bits per heavy atom. The Morgan fingerprint density at radius 2 is 1.75 bits per heavy atom. The highest BCUT2D eigenvalue weighted by atomic mass is 32.2. The van der Waals surface area contributed by atoms with Gasteiger partial charge in [0.25, 0.3) is 10.0 Å². The van der Waals surface area contributed by atoms with Crippen molar-refractivity contribution in [2.45, 2.75) is 9.10 Å². The summed E-state index contributed by atoms with van der Waals surface area (Å²) in [5.74, 6) is -0.330. The fraction of sp³-hybridized carbons (Fsp3) is 0.312. The number of benzene rings is 1. The average Bonchev–Trinajstić information content (AvgIpc) is 3.20. The van der Waals surface area contributed by atoms with Crippen molar-refractivity contribution in [3.05, 3.63) is 41.8 Å². The van der Waals surface area contributed by atoms with Gasteiger partial charge in [0.05, 0.1) is 4.90 Å². The van der Waals surface area contributed by atoms with E-state index in [2.05, 4.69) is 4.72 Å². The summed E-state index contributed by atoms with van der Waals surface area (Å²) in [5, 5.41) is 1.62. The van der Waals surface area contributed by atoms with E-state index < -0.39 is 32.6 Å². The Kier molecular flexibility index (Phi) is 7.55. The molecule has 1 aromatic heterocycles. The first-order valence-electron chi connectivity index (χ1n) is 7.97. The smallest absolute Gasteiger partial charge is 0.321 e. The summed E-state index contributed by atoms with van der Waals surface area (Å²) in [6, 6.07) is 8.84. The largest absolute Gasteiger partial charge is 0.490 e. The van der Waals surface area contributed by atoms with Gasteiger partial charge in [-0.1, -0.05) is 6.07 Å². The molecule has 1 N–H and O–H groups in total. The van der Waals surface area contributed by atoms with Crippen molar-refractivity contribution in [2.24, 2.45) is 0 Å². The summed E-state index contributed by atoms with van der Waals surface area (Å²) in [7, 11) is -4.36. The van der Waals surface area contributed by atoms with Crippen LogP contribution in [0, 0.1) is 0 Å². The second kappa shape index (κ2) is 9.47. The van der Waals surface area contributed by atoms with Crippen molar-refractivity contribution in [1.82, 2.24) is 9.03 Å². The molecule has 0 aliphatic heterocycles. The number of esters is 1. The minimum Gasteiger partial charge on any atom is -0.490 e. The van der Waals surface area contributed by atoms with Gasteiger partial charge in [0.2, 0.25) is 10.0 Å². The lowest BCUT2D eigenvalue weighted by atomic mass is 10.3. The van der Waals surface area contributed by atoms with Crippen LogP contribution in [0.15, 0.2) is 50.9 Å². The summed E-state index contributed by atoms with van der Waals surface area (Å²) in [4.78, 5) is 11.8. The van der Waals surface area contributed by atoms with Gasteiger partial charge in [-0.2, -0.15) is 4.72 Å². The van der Waals surface area contributed by atoms with E-state index >= 15 is 0 Å². The number of hydrogen-bond acceptors (Lipinski definition) is 8. The molecule has 2 aromatic rings. The number of nitrogens with zero attached hydrogens (tertiary/aromatic N) is 1. The third-order valence-corrected chi connectivity index (χ3v) is 8.01. The molecule has 0 fully saturated rings. The highest BCUT2D eigenvalue weighted by molar-refractivity contribution is 7.91. The van der Waals surface area contributed by atoms with Crippen LogP contribution >= 0.6 is 11.3 Å². The number of carbonyl (C=O) groups is 1. The van der Waals surface area contributed by atoms with E-state index in [1.165, 1.54) is 44.4 Å². The summed E-state index contributed by atoms with van der Waals surface area (Å²) >= 11 is 1.04. The lowest BCUT2D eigenvalue weighted by molar-refractivity contribution is -0.142. The first-order valence-corrected chi connectivity index (χ1v) is 11.8. The molecule has 1 aromatic carbocycles. The van der Waals surface area contributed by atoms with Gasteiger partial charge in [0.1, 0.15) is 29.7 Å². The molecular weight excluding hydrogens is 428 g/mol. The number of sulfonamides is 2. The SMILES string of the molecule is CN(C)S(=O)(=O)c1ccc(OCCOC(=O)CNS(=O)(=O)c2cccs2)cc1. The summed E-state index contributed by atoms with van der Waals surface area (Å²) in [6.07, 6.45) is 0. The average molecular weight is 449 g/mol. The molecule has 12 heteroatoms. The van der Waals surface area contributed by atoms with Gasteiger partial charge in [-0.15, -0.1) is 11.3 Å². The molecule has 1 heterocycles. The minimum absolute atomic E-state index is 0.0309. The van der Waals surface area contributed by atoms with Gasteiger partial charge in [-0.25, -0.2) is 21.1 Å². The van der Waals surface area contributed by atoms with E-state index in [4.69, 9.17) is 9.47 Å². The Morgan fingerprint density at radius 3 is 2.32 bits per heavy atom. The number of nitrogens with one attached hydrogen (secondary N) is 1. The van der Waals surface area contributed by atoms with E-state index in [9.17, 15) is 21.6 Å². The molecule has 0 unspecified atom stereocenters. The maximum absolute atomic E-state index is 12.0. The molecule has 0 amide bonds. The molecule has 0 aliphatic rings. The van der Waals surface area contributed by atoms with Gasteiger partial charge < -0.3 is 9.47 Å². The maximum Gasteiger partial charge on any atom is 0.321 e. The molecule has 0 aliphatic carbocycles. The van der Waals surface area contributed by atoms with Crippen LogP contribution in [0.5, 0.6) is 5.75 Å². The van der Waals surface area contributed by atoms with Crippen molar-refractivity contribution < 1.29 is 31.1 Å². The topological polar surface area (TPSA) is 119 Å². The Bertz CT molecular complexity index is 983. The third-order valence-electron chi connectivity index (χ3n) is 3.38. The van der Waals surface area contributed by atoms with Gasteiger partial charge in [-0.05, 0) is 35.7 Å². The Balaban J connectivity index is 1.73. The fourth-order valence-corrected chi connectivity index (χ4v) is 4.83. The molecule has 0 atom stereocenters. The Hall–Kier alpha value is -1.99. The van der Waals surface area contributed by atoms with Crippen LogP contribution in [-0.4, -0.2) is 61.0 Å². The van der Waals surface area contributed by atoms with Crippen molar-refractivity contribution in [2.75, 3.05) is 33.9 Å². The predicted molar refractivity (Wildman–Crippen MR) is 103 cm³/mol. The normalized spacial score (nSPS) is 12.1. The van der Waals surface area contributed by atoms with Gasteiger partial charge in [-0.3, -0.25) is 4.79 Å². The van der Waals surface area contributed by atoms with Crippen molar-refractivity contribution in [3.8, 4) is 5.75 Å². The summed E-state index contributed by atoms with van der Waals surface area (Å²) in [6.45, 7) is -0.544. The summed E-state index contributed by atoms with van der Waals surface area (Å²) in [5.41, 5.74) is 0.